The predicted octanol–water partition coefficient (Wildman–Crippen LogP) is 1.42. The Morgan fingerprint density at radius 1 is 1.56 bits per heavy atom. The van der Waals surface area contributed by atoms with Gasteiger partial charge in [-0.1, -0.05) is 25.6 Å². The van der Waals surface area contributed by atoms with Crippen LogP contribution < -0.4 is 5.32 Å². The van der Waals surface area contributed by atoms with Gasteiger partial charge in [-0.15, -0.1) is 0 Å². The fraction of sp³-hybridized carbons (Fsp3) is 0.923. The van der Waals surface area contributed by atoms with Crippen LogP contribution in [-0.2, 0) is 4.74 Å². The van der Waals surface area contributed by atoms with Gasteiger partial charge in [0.05, 0.1) is 19.3 Å². The Kier molecular flexibility index (Phi) is 5.33. The Labute approximate surface area is 115 Å². The highest BCUT2D eigenvalue weighted by molar-refractivity contribution is 8.14. The highest BCUT2D eigenvalue weighted by Crippen LogP contribution is 2.19. The van der Waals surface area contributed by atoms with Crippen LogP contribution in [0.5, 0.6) is 0 Å². The number of amidine groups is 1. The molecule has 4 nitrogen and oxygen atoms in total. The molecule has 2 fully saturated rings. The normalized spacial score (nSPS) is 32.1. The van der Waals surface area contributed by atoms with E-state index in [0.717, 1.165) is 43.1 Å². The van der Waals surface area contributed by atoms with Crippen molar-refractivity contribution in [3.63, 3.8) is 0 Å². The van der Waals surface area contributed by atoms with E-state index in [1.54, 1.807) is 0 Å². The standard InChI is InChI=1S/C13H25N3OS/c1-10(2)6-11-9-18-13(15-11)14-7-12-8-16(3)4-5-17-12/h10-12H,4-9H2,1-3H3,(H,14,15). The van der Waals surface area contributed by atoms with Crippen LogP contribution in [0, 0.1) is 5.92 Å². The van der Waals surface area contributed by atoms with E-state index in [2.05, 4.69) is 36.1 Å². The van der Waals surface area contributed by atoms with E-state index in [1.807, 2.05) is 11.8 Å². The lowest BCUT2D eigenvalue weighted by atomic mass is 10.1. The summed E-state index contributed by atoms with van der Waals surface area (Å²) in [6.07, 6.45) is 1.50. The van der Waals surface area contributed by atoms with Crippen LogP contribution in [0.3, 0.4) is 0 Å². The van der Waals surface area contributed by atoms with Gasteiger partial charge in [0.15, 0.2) is 5.17 Å². The summed E-state index contributed by atoms with van der Waals surface area (Å²) in [7, 11) is 2.14. The molecule has 0 aliphatic carbocycles. The van der Waals surface area contributed by atoms with Crippen LogP contribution in [0.2, 0.25) is 0 Å². The van der Waals surface area contributed by atoms with E-state index < -0.39 is 0 Å². The number of nitrogens with one attached hydrogen (secondary N) is 1. The molecule has 2 rings (SSSR count). The van der Waals surface area contributed by atoms with Crippen LogP contribution in [0.4, 0.5) is 0 Å². The highest BCUT2D eigenvalue weighted by atomic mass is 32.2. The molecule has 2 aliphatic rings. The van der Waals surface area contributed by atoms with Crippen molar-refractivity contribution in [1.82, 2.24) is 10.2 Å². The summed E-state index contributed by atoms with van der Waals surface area (Å²) >= 11 is 1.85. The van der Waals surface area contributed by atoms with Gasteiger partial charge >= 0.3 is 0 Å². The van der Waals surface area contributed by atoms with Crippen molar-refractivity contribution in [3.05, 3.63) is 0 Å². The predicted molar refractivity (Wildman–Crippen MR) is 78.4 cm³/mol. The molecule has 0 aromatic heterocycles. The van der Waals surface area contributed by atoms with E-state index in [-0.39, 0.29) is 6.10 Å². The van der Waals surface area contributed by atoms with Gasteiger partial charge in [-0.3, -0.25) is 4.99 Å². The topological polar surface area (TPSA) is 36.9 Å². The lowest BCUT2D eigenvalue weighted by molar-refractivity contribution is -0.0135. The summed E-state index contributed by atoms with van der Waals surface area (Å²) in [6, 6.07) is 0.601. The number of nitrogens with zero attached hydrogens (tertiary/aromatic N) is 2. The van der Waals surface area contributed by atoms with Gasteiger partial charge in [0.2, 0.25) is 0 Å². The average Bonchev–Trinajstić information content (AvgIpc) is 2.73. The maximum absolute atomic E-state index is 5.71. The molecular weight excluding hydrogens is 246 g/mol. The molecule has 2 aliphatic heterocycles. The maximum atomic E-state index is 5.71. The van der Waals surface area contributed by atoms with E-state index >= 15 is 0 Å². The zero-order chi connectivity index (χ0) is 13.0. The third-order valence-corrected chi connectivity index (χ3v) is 4.37. The summed E-state index contributed by atoms with van der Waals surface area (Å²) < 4.78 is 5.71. The molecule has 0 bridgehead atoms. The summed E-state index contributed by atoms with van der Waals surface area (Å²) in [5.74, 6) is 1.90. The van der Waals surface area contributed by atoms with E-state index in [0.29, 0.717) is 6.04 Å². The van der Waals surface area contributed by atoms with Gasteiger partial charge in [0.25, 0.3) is 0 Å². The van der Waals surface area contributed by atoms with Gasteiger partial charge < -0.3 is 15.0 Å². The molecule has 2 heterocycles. The first kappa shape index (κ1) is 14.2. The summed E-state index contributed by atoms with van der Waals surface area (Å²) in [6.45, 7) is 8.20. The Morgan fingerprint density at radius 3 is 3.11 bits per heavy atom. The van der Waals surface area contributed by atoms with Crippen molar-refractivity contribution in [3.8, 4) is 0 Å². The van der Waals surface area contributed by atoms with Gasteiger partial charge in [-0.2, -0.15) is 0 Å². The minimum Gasteiger partial charge on any atom is -0.374 e. The number of morpholine rings is 1. The number of rotatable bonds is 4. The number of ether oxygens (including phenoxy) is 1. The lowest BCUT2D eigenvalue weighted by Crippen LogP contribution is -2.41. The number of aliphatic imine (C=N–C) groups is 1. The molecule has 0 saturated carbocycles. The second-order valence-electron chi connectivity index (χ2n) is 5.68. The zero-order valence-corrected chi connectivity index (χ0v) is 12.5. The van der Waals surface area contributed by atoms with Crippen molar-refractivity contribution in [2.75, 3.05) is 39.0 Å². The molecule has 0 aromatic carbocycles. The largest absolute Gasteiger partial charge is 0.374 e. The Morgan fingerprint density at radius 2 is 2.39 bits per heavy atom. The molecule has 5 heteroatoms. The third-order valence-electron chi connectivity index (χ3n) is 3.29. The summed E-state index contributed by atoms with van der Waals surface area (Å²) in [4.78, 5) is 6.97. The van der Waals surface area contributed by atoms with Crippen molar-refractivity contribution in [2.24, 2.45) is 10.9 Å². The smallest absolute Gasteiger partial charge is 0.156 e. The van der Waals surface area contributed by atoms with Crippen LogP contribution in [0.15, 0.2) is 4.99 Å². The Bertz CT molecular complexity index is 296. The third kappa shape index (κ3) is 4.44. The fourth-order valence-electron chi connectivity index (χ4n) is 2.39. The van der Waals surface area contributed by atoms with Crippen molar-refractivity contribution in [2.45, 2.75) is 32.4 Å². The van der Waals surface area contributed by atoms with Gasteiger partial charge in [0.1, 0.15) is 0 Å². The first-order valence-electron chi connectivity index (χ1n) is 6.87. The monoisotopic (exact) mass is 271 g/mol. The molecule has 2 unspecified atom stereocenters. The molecule has 2 atom stereocenters. The molecule has 1 N–H and O–H groups in total. The molecule has 104 valence electrons. The highest BCUT2D eigenvalue weighted by Gasteiger charge is 2.22. The summed E-state index contributed by atoms with van der Waals surface area (Å²) in [5.41, 5.74) is 0. The van der Waals surface area contributed by atoms with Gasteiger partial charge in [-0.05, 0) is 19.4 Å². The van der Waals surface area contributed by atoms with Crippen molar-refractivity contribution >= 4 is 16.9 Å². The van der Waals surface area contributed by atoms with Gasteiger partial charge in [0, 0.05) is 24.9 Å². The van der Waals surface area contributed by atoms with E-state index in [4.69, 9.17) is 4.74 Å². The number of likely N-dealkylation sites (N-methyl/N-ethyl adjacent to an activating group) is 1. The molecule has 0 aromatic rings. The van der Waals surface area contributed by atoms with Crippen LogP contribution in [0.25, 0.3) is 0 Å². The van der Waals surface area contributed by atoms with Gasteiger partial charge in [-0.25, -0.2) is 0 Å². The van der Waals surface area contributed by atoms with E-state index in [1.165, 1.54) is 6.42 Å². The quantitative estimate of drug-likeness (QED) is 0.839. The van der Waals surface area contributed by atoms with Crippen molar-refractivity contribution < 1.29 is 4.74 Å². The maximum Gasteiger partial charge on any atom is 0.156 e. The minimum absolute atomic E-state index is 0.266. The average molecular weight is 271 g/mol. The van der Waals surface area contributed by atoms with Crippen LogP contribution in [0.1, 0.15) is 20.3 Å². The number of hydrogen-bond acceptors (Lipinski definition) is 4. The minimum atomic E-state index is 0.266. The molecule has 18 heavy (non-hydrogen) atoms. The first-order chi connectivity index (χ1) is 8.63. The van der Waals surface area contributed by atoms with E-state index in [9.17, 15) is 0 Å². The fourth-order valence-corrected chi connectivity index (χ4v) is 3.38. The van der Waals surface area contributed by atoms with Crippen LogP contribution in [-0.4, -0.2) is 61.3 Å². The Hall–Kier alpha value is -0.260. The van der Waals surface area contributed by atoms with Crippen molar-refractivity contribution in [1.29, 1.82) is 0 Å². The second-order valence-corrected chi connectivity index (χ2v) is 6.69. The SMILES string of the molecule is CC(C)CC1CSC(=NCC2CN(C)CCO2)N1. The molecule has 0 amide bonds. The number of hydrogen-bond donors (Lipinski definition) is 1. The Balaban J connectivity index is 1.73. The molecule has 2 saturated heterocycles. The first-order valence-corrected chi connectivity index (χ1v) is 7.86. The second kappa shape index (κ2) is 6.78. The number of thioether (sulfide) groups is 1. The summed E-state index contributed by atoms with van der Waals surface area (Å²) in [5, 5.41) is 4.63. The lowest BCUT2D eigenvalue weighted by Gasteiger charge is -2.29. The molecule has 0 spiro atoms. The molecule has 0 radical (unpaired) electrons. The zero-order valence-electron chi connectivity index (χ0n) is 11.7. The van der Waals surface area contributed by atoms with Crippen LogP contribution >= 0.6 is 11.8 Å². The molecular formula is C13H25N3OS.